The summed E-state index contributed by atoms with van der Waals surface area (Å²) in [4.78, 5) is 20.8. The molecule has 0 spiro atoms. The molecule has 0 unspecified atom stereocenters. The van der Waals surface area contributed by atoms with Gasteiger partial charge < -0.3 is 4.57 Å². The van der Waals surface area contributed by atoms with Gasteiger partial charge in [0.2, 0.25) is 5.95 Å². The Balaban J connectivity index is 1.04. The van der Waals surface area contributed by atoms with E-state index in [0.717, 1.165) is 83.3 Å². The zero-order chi connectivity index (χ0) is 41.0. The molecule has 0 saturated carbocycles. The molecule has 0 aliphatic heterocycles. The smallest absolute Gasteiger partial charge is 0.238 e. The van der Waals surface area contributed by atoms with Gasteiger partial charge in [-0.2, -0.15) is 9.97 Å². The van der Waals surface area contributed by atoms with Crippen molar-refractivity contribution >= 4 is 43.6 Å². The first-order valence-electron chi connectivity index (χ1n) is 20.8. The summed E-state index contributed by atoms with van der Waals surface area (Å²) in [5.74, 6) is 1.75. The molecular weight excluding hydrogens is 757 g/mol. The van der Waals surface area contributed by atoms with Gasteiger partial charge in [0.25, 0.3) is 0 Å². The number of para-hydroxylation sites is 3. The minimum Gasteiger partial charge on any atom is -0.309 e. The molecule has 12 rings (SSSR count). The molecule has 0 N–H and O–H groups in total. The van der Waals surface area contributed by atoms with Crippen molar-refractivity contribution < 1.29 is 0 Å². The minimum atomic E-state index is 0.556. The molecule has 6 nitrogen and oxygen atoms in total. The average Bonchev–Trinajstić information content (AvgIpc) is 3.88. The summed E-state index contributed by atoms with van der Waals surface area (Å²) in [6, 6.07) is 76.1. The molecule has 12 aromatic rings. The highest BCUT2D eigenvalue weighted by atomic mass is 15.2. The van der Waals surface area contributed by atoms with Crippen LogP contribution >= 0.6 is 0 Å². The van der Waals surface area contributed by atoms with E-state index < -0.39 is 0 Å². The highest BCUT2D eigenvalue weighted by Crippen LogP contribution is 2.42. The Bertz CT molecular complexity index is 3540. The van der Waals surface area contributed by atoms with Crippen molar-refractivity contribution in [3.05, 3.63) is 218 Å². The quantitative estimate of drug-likeness (QED) is 0.161. The van der Waals surface area contributed by atoms with E-state index in [4.69, 9.17) is 19.9 Å². The van der Waals surface area contributed by atoms with Crippen molar-refractivity contribution in [1.82, 2.24) is 29.1 Å². The molecule has 0 aliphatic rings. The van der Waals surface area contributed by atoms with Crippen molar-refractivity contribution in [1.29, 1.82) is 0 Å². The van der Waals surface area contributed by atoms with E-state index in [1.807, 2.05) is 30.3 Å². The molecule has 4 aromatic heterocycles. The van der Waals surface area contributed by atoms with Gasteiger partial charge in [-0.05, 0) is 59.7 Å². The van der Waals surface area contributed by atoms with Crippen LogP contribution < -0.4 is 0 Å². The van der Waals surface area contributed by atoms with Crippen molar-refractivity contribution in [2.75, 3.05) is 0 Å². The predicted octanol–water partition coefficient (Wildman–Crippen LogP) is 13.8. The summed E-state index contributed by atoms with van der Waals surface area (Å²) < 4.78 is 4.57. The highest BCUT2D eigenvalue weighted by Gasteiger charge is 2.22. The normalized spacial score (nSPS) is 11.5. The molecule has 4 heterocycles. The topological polar surface area (TPSA) is 61.4 Å². The summed E-state index contributed by atoms with van der Waals surface area (Å²) in [6.07, 6.45) is 0. The van der Waals surface area contributed by atoms with Crippen LogP contribution in [-0.4, -0.2) is 29.1 Å². The van der Waals surface area contributed by atoms with Gasteiger partial charge in [-0.3, -0.25) is 4.57 Å². The summed E-state index contributed by atoms with van der Waals surface area (Å²) in [7, 11) is 0. The molecule has 0 saturated heterocycles. The van der Waals surface area contributed by atoms with Gasteiger partial charge in [-0.1, -0.05) is 170 Å². The third kappa shape index (κ3) is 5.96. The second-order valence-electron chi connectivity index (χ2n) is 15.5. The molecule has 0 atom stereocenters. The first-order valence-corrected chi connectivity index (χ1v) is 20.8. The van der Waals surface area contributed by atoms with E-state index in [2.05, 4.69) is 197 Å². The lowest BCUT2D eigenvalue weighted by atomic mass is 9.99. The monoisotopic (exact) mass is 792 g/mol. The molecule has 0 radical (unpaired) electrons. The van der Waals surface area contributed by atoms with E-state index in [9.17, 15) is 0 Å². The SMILES string of the molecule is c1ccc(-c2cc(-c3ccccc3)nc(-c3ccc(-c4nc(-c5ccccc5)nc(-n5c6ccccc6c6c7c8ccccc8n(-c8ccccc8)c7ccc65)n4)cc3)c2)cc1. The summed E-state index contributed by atoms with van der Waals surface area (Å²) >= 11 is 0. The number of hydrogen-bond acceptors (Lipinski definition) is 4. The number of nitrogens with zero attached hydrogens (tertiary/aromatic N) is 6. The van der Waals surface area contributed by atoms with Gasteiger partial charge >= 0.3 is 0 Å². The van der Waals surface area contributed by atoms with Gasteiger partial charge in [0.15, 0.2) is 11.6 Å². The number of fused-ring (bicyclic) bond motifs is 7. The maximum absolute atomic E-state index is 5.30. The van der Waals surface area contributed by atoms with Crippen molar-refractivity contribution in [2.45, 2.75) is 0 Å². The molecule has 0 fully saturated rings. The minimum absolute atomic E-state index is 0.556. The third-order valence-corrected chi connectivity index (χ3v) is 11.8. The zero-order valence-electron chi connectivity index (χ0n) is 33.5. The van der Waals surface area contributed by atoms with Crippen molar-refractivity contribution in [3.8, 4) is 68.1 Å². The maximum Gasteiger partial charge on any atom is 0.238 e. The lowest BCUT2D eigenvalue weighted by Gasteiger charge is -2.12. The predicted molar refractivity (Wildman–Crippen MR) is 253 cm³/mol. The Hall–Kier alpha value is -8.48. The maximum atomic E-state index is 5.30. The fourth-order valence-corrected chi connectivity index (χ4v) is 8.92. The largest absolute Gasteiger partial charge is 0.309 e. The third-order valence-electron chi connectivity index (χ3n) is 11.8. The number of rotatable bonds is 7. The van der Waals surface area contributed by atoms with Crippen LogP contribution in [0.15, 0.2) is 218 Å². The highest BCUT2D eigenvalue weighted by molar-refractivity contribution is 6.28. The first-order chi connectivity index (χ1) is 30.7. The number of aromatic nitrogens is 6. The van der Waals surface area contributed by atoms with Crippen molar-refractivity contribution in [2.24, 2.45) is 0 Å². The summed E-state index contributed by atoms with van der Waals surface area (Å²) in [6.45, 7) is 0. The number of pyridine rings is 1. The van der Waals surface area contributed by atoms with Crippen LogP contribution in [0.1, 0.15) is 0 Å². The van der Waals surface area contributed by atoms with Gasteiger partial charge in [-0.15, -0.1) is 0 Å². The van der Waals surface area contributed by atoms with E-state index in [1.54, 1.807) is 0 Å². The van der Waals surface area contributed by atoms with Crippen LogP contribution in [0.4, 0.5) is 0 Å². The molecular formula is C56H36N6. The van der Waals surface area contributed by atoms with E-state index in [1.165, 1.54) is 10.8 Å². The van der Waals surface area contributed by atoms with E-state index >= 15 is 0 Å². The fraction of sp³-hybridized carbons (Fsp3) is 0. The van der Waals surface area contributed by atoms with Crippen LogP contribution in [0.2, 0.25) is 0 Å². The van der Waals surface area contributed by atoms with E-state index in [-0.39, 0.29) is 0 Å². The molecule has 290 valence electrons. The molecule has 0 amide bonds. The average molecular weight is 793 g/mol. The Labute approximate surface area is 357 Å². The van der Waals surface area contributed by atoms with Gasteiger partial charge in [0, 0.05) is 49.5 Å². The summed E-state index contributed by atoms with van der Waals surface area (Å²) in [5.41, 5.74) is 13.4. The standard InChI is InChI=1S/C56H36N6/c1-5-17-37(18-6-1)42-35-46(38-19-7-2-8-20-38)57-47(36-42)39-29-31-41(32-30-39)55-58-54(40-21-9-3-10-22-40)59-56(60-55)62-49-28-16-14-26-45(49)53-51(62)34-33-50-52(53)44-25-13-15-27-48(44)61(50)43-23-11-4-12-24-43/h1-36H. The van der Waals surface area contributed by atoms with Crippen molar-refractivity contribution in [3.63, 3.8) is 0 Å². The van der Waals surface area contributed by atoms with Crippen LogP contribution in [-0.2, 0) is 0 Å². The number of hydrogen-bond donors (Lipinski definition) is 0. The Kier molecular flexibility index (Phi) is 8.38. The second kappa shape index (κ2) is 14.7. The second-order valence-corrected chi connectivity index (χ2v) is 15.5. The lowest BCUT2D eigenvalue weighted by molar-refractivity contribution is 0.953. The van der Waals surface area contributed by atoms with Crippen LogP contribution in [0.5, 0.6) is 0 Å². The van der Waals surface area contributed by atoms with Crippen LogP contribution in [0, 0.1) is 0 Å². The molecule has 6 heteroatoms. The van der Waals surface area contributed by atoms with Gasteiger partial charge in [-0.25, -0.2) is 9.97 Å². The Morgan fingerprint density at radius 2 is 0.694 bits per heavy atom. The molecule has 8 aromatic carbocycles. The first kappa shape index (κ1) is 35.5. The molecule has 62 heavy (non-hydrogen) atoms. The van der Waals surface area contributed by atoms with Gasteiger partial charge in [0.05, 0.1) is 33.5 Å². The number of benzene rings is 8. The fourth-order valence-electron chi connectivity index (χ4n) is 8.92. The Morgan fingerprint density at radius 1 is 0.274 bits per heavy atom. The zero-order valence-corrected chi connectivity index (χ0v) is 33.5. The van der Waals surface area contributed by atoms with Gasteiger partial charge in [0.1, 0.15) is 0 Å². The molecule has 0 aliphatic carbocycles. The molecule has 0 bridgehead atoms. The van der Waals surface area contributed by atoms with E-state index in [0.29, 0.717) is 17.6 Å². The van der Waals surface area contributed by atoms with Crippen LogP contribution in [0.3, 0.4) is 0 Å². The Morgan fingerprint density at radius 3 is 1.27 bits per heavy atom. The lowest BCUT2D eigenvalue weighted by Crippen LogP contribution is -2.06. The summed E-state index contributed by atoms with van der Waals surface area (Å²) in [5, 5.41) is 4.69. The van der Waals surface area contributed by atoms with Crippen LogP contribution in [0.25, 0.3) is 112 Å².